The first-order chi connectivity index (χ1) is 8.77. The molecule has 0 saturated carbocycles. The van der Waals surface area contributed by atoms with Gasteiger partial charge < -0.3 is 5.73 Å². The number of halogens is 1. The Hall–Kier alpha value is -1.84. The van der Waals surface area contributed by atoms with E-state index < -0.39 is 0 Å². The number of amides is 1. The summed E-state index contributed by atoms with van der Waals surface area (Å²) in [6.07, 6.45) is 0. The summed E-state index contributed by atoms with van der Waals surface area (Å²) in [5, 5.41) is 3.18. The second kappa shape index (κ2) is 7.56. The third-order valence-electron chi connectivity index (χ3n) is 2.75. The maximum Gasteiger partial charge on any atom is 0.231 e. The van der Waals surface area contributed by atoms with Crippen LogP contribution in [-0.2, 0) is 4.79 Å². The number of benzene rings is 2. The Balaban J connectivity index is 0.00000180. The predicted octanol–water partition coefficient (Wildman–Crippen LogP) is 2.27. The first-order valence-electron chi connectivity index (χ1n) is 5.89. The van der Waals surface area contributed by atoms with Crippen molar-refractivity contribution in [1.29, 1.82) is 0 Å². The zero-order valence-corrected chi connectivity index (χ0v) is 11.3. The smallest absolute Gasteiger partial charge is 0.231 e. The highest BCUT2D eigenvalue weighted by Crippen LogP contribution is 2.21. The molecule has 2 aromatic carbocycles. The molecule has 0 unspecified atom stereocenters. The van der Waals surface area contributed by atoms with Crippen molar-refractivity contribution in [1.82, 2.24) is 5.32 Å². The van der Waals surface area contributed by atoms with Crippen LogP contribution >= 0.6 is 12.4 Å². The summed E-state index contributed by atoms with van der Waals surface area (Å²) in [6.45, 7) is 0.161. The molecule has 1 amide bonds. The van der Waals surface area contributed by atoms with Crippen LogP contribution in [0.2, 0.25) is 0 Å². The molecule has 3 nitrogen and oxygen atoms in total. The van der Waals surface area contributed by atoms with Crippen LogP contribution in [0.1, 0.15) is 17.2 Å². The number of hydrogen-bond donors (Lipinski definition) is 2. The van der Waals surface area contributed by atoms with Crippen LogP contribution in [-0.4, -0.2) is 12.5 Å². The second-order valence-corrected chi connectivity index (χ2v) is 4.10. The summed E-state index contributed by atoms with van der Waals surface area (Å²) in [5.41, 5.74) is 7.43. The lowest BCUT2D eigenvalue weighted by atomic mass is 9.99. The lowest BCUT2D eigenvalue weighted by Crippen LogP contribution is -2.32. The second-order valence-electron chi connectivity index (χ2n) is 4.10. The Bertz CT molecular complexity index is 463. The number of carbonyl (C=O) groups excluding carboxylic acids is 1. The molecule has 0 bridgehead atoms. The number of nitrogens with two attached hydrogens (primary N) is 1. The molecule has 19 heavy (non-hydrogen) atoms. The fraction of sp³-hybridized carbons (Fsp3) is 0.133. The highest BCUT2D eigenvalue weighted by atomic mass is 35.5. The molecule has 4 heteroatoms. The summed E-state index contributed by atoms with van der Waals surface area (Å²) in [5.74, 6) is -0.355. The van der Waals surface area contributed by atoms with E-state index >= 15 is 0 Å². The van der Waals surface area contributed by atoms with Crippen LogP contribution in [0.25, 0.3) is 0 Å². The summed E-state index contributed by atoms with van der Waals surface area (Å²) >= 11 is 0. The first-order valence-corrected chi connectivity index (χ1v) is 5.89. The van der Waals surface area contributed by atoms with Crippen molar-refractivity contribution in [3.05, 3.63) is 71.8 Å². The minimum atomic E-state index is -0.355. The summed E-state index contributed by atoms with van der Waals surface area (Å²) < 4.78 is 0. The van der Waals surface area contributed by atoms with Crippen molar-refractivity contribution in [2.24, 2.45) is 5.73 Å². The SMILES string of the molecule is Cl.NC(=O)CNC(c1ccccc1)c1ccccc1. The molecule has 0 fully saturated rings. The molecule has 3 N–H and O–H groups in total. The molecule has 0 aliphatic carbocycles. The van der Waals surface area contributed by atoms with Crippen LogP contribution in [0, 0.1) is 0 Å². The van der Waals surface area contributed by atoms with E-state index in [-0.39, 0.29) is 30.9 Å². The molecular formula is C15H17ClN2O. The normalized spacial score (nSPS) is 9.95. The van der Waals surface area contributed by atoms with E-state index in [1.165, 1.54) is 0 Å². The average molecular weight is 277 g/mol. The minimum Gasteiger partial charge on any atom is -0.369 e. The molecule has 0 saturated heterocycles. The topological polar surface area (TPSA) is 55.1 Å². The van der Waals surface area contributed by atoms with Crippen LogP contribution in [0.3, 0.4) is 0 Å². The molecule has 0 atom stereocenters. The van der Waals surface area contributed by atoms with E-state index in [1.54, 1.807) is 0 Å². The van der Waals surface area contributed by atoms with Gasteiger partial charge in [-0.1, -0.05) is 60.7 Å². The number of primary amides is 1. The summed E-state index contributed by atoms with van der Waals surface area (Å²) in [7, 11) is 0. The van der Waals surface area contributed by atoms with Crippen molar-refractivity contribution in [3.8, 4) is 0 Å². The third-order valence-corrected chi connectivity index (χ3v) is 2.75. The third kappa shape index (κ3) is 4.39. The fourth-order valence-electron chi connectivity index (χ4n) is 1.92. The summed E-state index contributed by atoms with van der Waals surface area (Å²) in [4.78, 5) is 10.9. The van der Waals surface area contributed by atoms with Crippen LogP contribution < -0.4 is 11.1 Å². The van der Waals surface area contributed by atoms with E-state index in [2.05, 4.69) is 5.32 Å². The van der Waals surface area contributed by atoms with Gasteiger partial charge in [-0.05, 0) is 11.1 Å². The van der Waals surface area contributed by atoms with Gasteiger partial charge in [0, 0.05) is 0 Å². The van der Waals surface area contributed by atoms with E-state index in [1.807, 2.05) is 60.7 Å². The van der Waals surface area contributed by atoms with E-state index in [0.29, 0.717) is 0 Å². The van der Waals surface area contributed by atoms with Gasteiger partial charge in [-0.3, -0.25) is 10.1 Å². The minimum absolute atomic E-state index is 0. The Kier molecular flexibility index (Phi) is 6.06. The first kappa shape index (κ1) is 15.2. The molecular weight excluding hydrogens is 260 g/mol. The van der Waals surface area contributed by atoms with Crippen molar-refractivity contribution in [3.63, 3.8) is 0 Å². The molecule has 2 rings (SSSR count). The zero-order chi connectivity index (χ0) is 12.8. The highest BCUT2D eigenvalue weighted by molar-refractivity contribution is 5.85. The van der Waals surface area contributed by atoms with Gasteiger partial charge in [0.15, 0.2) is 0 Å². The van der Waals surface area contributed by atoms with E-state index in [9.17, 15) is 4.79 Å². The summed E-state index contributed by atoms with van der Waals surface area (Å²) in [6, 6.07) is 20.0. The number of nitrogens with one attached hydrogen (secondary N) is 1. The van der Waals surface area contributed by atoms with Crippen LogP contribution in [0.15, 0.2) is 60.7 Å². The quantitative estimate of drug-likeness (QED) is 0.880. The highest BCUT2D eigenvalue weighted by Gasteiger charge is 2.13. The number of carbonyl (C=O) groups is 1. The molecule has 0 aromatic heterocycles. The van der Waals surface area contributed by atoms with Gasteiger partial charge in [0.1, 0.15) is 0 Å². The Morgan fingerprint density at radius 1 is 0.947 bits per heavy atom. The van der Waals surface area contributed by atoms with E-state index in [0.717, 1.165) is 11.1 Å². The van der Waals surface area contributed by atoms with Crippen LogP contribution in [0.5, 0.6) is 0 Å². The van der Waals surface area contributed by atoms with Crippen molar-refractivity contribution in [2.75, 3.05) is 6.54 Å². The van der Waals surface area contributed by atoms with Gasteiger partial charge in [-0.2, -0.15) is 0 Å². The largest absolute Gasteiger partial charge is 0.369 e. The Morgan fingerprint density at radius 3 is 1.74 bits per heavy atom. The molecule has 0 radical (unpaired) electrons. The molecule has 2 aromatic rings. The van der Waals surface area contributed by atoms with E-state index in [4.69, 9.17) is 5.73 Å². The number of hydrogen-bond acceptors (Lipinski definition) is 2. The van der Waals surface area contributed by atoms with Crippen molar-refractivity contribution >= 4 is 18.3 Å². The Labute approximate surface area is 119 Å². The van der Waals surface area contributed by atoms with Gasteiger partial charge in [-0.25, -0.2) is 0 Å². The zero-order valence-electron chi connectivity index (χ0n) is 10.5. The lowest BCUT2D eigenvalue weighted by Gasteiger charge is -2.18. The maximum absolute atomic E-state index is 10.9. The van der Waals surface area contributed by atoms with Crippen molar-refractivity contribution in [2.45, 2.75) is 6.04 Å². The number of rotatable bonds is 5. The maximum atomic E-state index is 10.9. The van der Waals surface area contributed by atoms with Gasteiger partial charge in [0.05, 0.1) is 12.6 Å². The fourth-order valence-corrected chi connectivity index (χ4v) is 1.92. The van der Waals surface area contributed by atoms with Gasteiger partial charge in [0.25, 0.3) is 0 Å². The molecule has 0 aliphatic rings. The Morgan fingerprint density at radius 2 is 1.37 bits per heavy atom. The monoisotopic (exact) mass is 276 g/mol. The standard InChI is InChI=1S/C15H16N2O.ClH/c16-14(18)11-17-15(12-7-3-1-4-8-12)13-9-5-2-6-10-13;/h1-10,15,17H,11H2,(H2,16,18);1H. The van der Waals surface area contributed by atoms with Gasteiger partial charge >= 0.3 is 0 Å². The predicted molar refractivity (Wildman–Crippen MR) is 79.2 cm³/mol. The molecule has 0 spiro atoms. The van der Waals surface area contributed by atoms with Crippen molar-refractivity contribution < 1.29 is 4.79 Å². The molecule has 0 aliphatic heterocycles. The average Bonchev–Trinajstić information content (AvgIpc) is 2.41. The van der Waals surface area contributed by atoms with Crippen LogP contribution in [0.4, 0.5) is 0 Å². The van der Waals surface area contributed by atoms with Gasteiger partial charge in [0.2, 0.25) is 5.91 Å². The molecule has 0 heterocycles. The lowest BCUT2D eigenvalue weighted by molar-refractivity contribution is -0.117. The van der Waals surface area contributed by atoms with Gasteiger partial charge in [-0.15, -0.1) is 12.4 Å². The molecule has 100 valence electrons.